The quantitative estimate of drug-likeness (QED) is 0.492. The van der Waals surface area contributed by atoms with Crippen LogP contribution in [0.25, 0.3) is 0 Å². The molecule has 1 unspecified atom stereocenters. The number of ether oxygens (including phenoxy) is 1. The van der Waals surface area contributed by atoms with Gasteiger partial charge < -0.3 is 9.16 Å². The number of fused-ring (bicyclic) bond motifs is 1. The molecule has 2 aromatic carbocycles. The molecule has 2 aromatic rings. The van der Waals surface area contributed by atoms with Crippen LogP contribution < -0.4 is 10.4 Å². The third-order valence-corrected chi connectivity index (χ3v) is 13.9. The van der Waals surface area contributed by atoms with E-state index in [-0.39, 0.29) is 39.6 Å². The number of rotatable bonds is 5. The van der Waals surface area contributed by atoms with Crippen LogP contribution in [0.3, 0.4) is 0 Å². The molecule has 0 N–H and O–H groups in total. The highest BCUT2D eigenvalue weighted by Crippen LogP contribution is 2.84. The second kappa shape index (κ2) is 7.38. The number of ketones is 1. The number of hydrogen-bond acceptors (Lipinski definition) is 4. The maximum Gasteiger partial charge on any atom is 0.303 e. The average molecular weight is 463 g/mol. The molecule has 174 valence electrons. The number of carbonyl (C=O) groups excluding carboxylic acids is 2. The molecule has 3 fully saturated rings. The SMILES string of the molecule is CC(=O)O[C@H]1C(=O)CC23CC[C@@H](O[Si](c4ccccc4)(c4ccccc4)C(C)(C)C)[C@@]2(C)[C@@H]13. The number of carbonyl (C=O) groups is 2. The molecule has 0 bridgehead atoms. The van der Waals surface area contributed by atoms with Gasteiger partial charge in [-0.3, -0.25) is 9.59 Å². The van der Waals surface area contributed by atoms with E-state index >= 15 is 0 Å². The minimum atomic E-state index is -2.69. The van der Waals surface area contributed by atoms with Gasteiger partial charge in [-0.05, 0) is 33.7 Å². The van der Waals surface area contributed by atoms with E-state index in [1.807, 2.05) is 0 Å². The Morgan fingerprint density at radius 2 is 1.55 bits per heavy atom. The fourth-order valence-electron chi connectivity index (χ4n) is 7.46. The van der Waals surface area contributed by atoms with Crippen molar-refractivity contribution >= 4 is 30.4 Å². The molecule has 33 heavy (non-hydrogen) atoms. The summed E-state index contributed by atoms with van der Waals surface area (Å²) in [6, 6.07) is 21.4. The van der Waals surface area contributed by atoms with Gasteiger partial charge in [0.15, 0.2) is 11.9 Å². The Morgan fingerprint density at radius 1 is 1.00 bits per heavy atom. The first kappa shape index (κ1) is 22.5. The molecule has 0 heterocycles. The number of hydrogen-bond donors (Lipinski definition) is 0. The molecule has 0 aromatic heterocycles. The Hall–Kier alpha value is -2.24. The first-order valence-corrected chi connectivity index (χ1v) is 14.0. The van der Waals surface area contributed by atoms with Crippen LogP contribution in [0.5, 0.6) is 0 Å². The van der Waals surface area contributed by atoms with Gasteiger partial charge in [0.2, 0.25) is 0 Å². The zero-order valence-electron chi connectivity index (χ0n) is 20.3. The molecule has 0 aliphatic heterocycles. The number of benzene rings is 2. The van der Waals surface area contributed by atoms with Gasteiger partial charge in [0.25, 0.3) is 8.32 Å². The lowest BCUT2D eigenvalue weighted by Gasteiger charge is -2.46. The standard InChI is InChI=1S/C28H34O4Si/c1-19(29)31-24-22(30)18-28-17-16-23(27(28,5)25(24)28)32-33(26(2,3)4,20-12-8-6-9-13-20)21-14-10-7-11-15-21/h6-15,23-25H,16-18H2,1-5H3/t23-,24+,25-,27+,28?/m1/s1. The summed E-state index contributed by atoms with van der Waals surface area (Å²) in [4.78, 5) is 24.5. The van der Waals surface area contributed by atoms with E-state index in [0.717, 1.165) is 12.8 Å². The molecule has 3 saturated carbocycles. The van der Waals surface area contributed by atoms with Crippen LogP contribution in [0.1, 0.15) is 53.9 Å². The van der Waals surface area contributed by atoms with E-state index in [9.17, 15) is 9.59 Å². The molecule has 5 atom stereocenters. The normalized spacial score (nSPS) is 32.9. The van der Waals surface area contributed by atoms with Crippen LogP contribution >= 0.6 is 0 Å². The topological polar surface area (TPSA) is 52.6 Å². The molecule has 4 nitrogen and oxygen atoms in total. The third-order valence-electron chi connectivity index (χ3n) is 8.89. The summed E-state index contributed by atoms with van der Waals surface area (Å²) in [5, 5.41) is 2.44. The van der Waals surface area contributed by atoms with E-state index < -0.39 is 14.4 Å². The highest BCUT2D eigenvalue weighted by atomic mass is 28.4. The zero-order valence-corrected chi connectivity index (χ0v) is 21.3. The number of esters is 1. The maximum atomic E-state index is 12.7. The molecule has 5 rings (SSSR count). The van der Waals surface area contributed by atoms with Crippen molar-refractivity contribution in [1.29, 1.82) is 0 Å². The Kier molecular flexibility index (Phi) is 5.04. The lowest BCUT2D eigenvalue weighted by Crippen LogP contribution is -2.68. The van der Waals surface area contributed by atoms with Crippen LogP contribution in [0.4, 0.5) is 0 Å². The van der Waals surface area contributed by atoms with Crippen LogP contribution in [0.15, 0.2) is 60.7 Å². The molecule has 5 heteroatoms. The van der Waals surface area contributed by atoms with Crippen molar-refractivity contribution in [2.45, 2.75) is 71.1 Å². The van der Waals surface area contributed by atoms with E-state index in [1.54, 1.807) is 0 Å². The van der Waals surface area contributed by atoms with Gasteiger partial charge in [0.1, 0.15) is 0 Å². The van der Waals surface area contributed by atoms with Gasteiger partial charge in [-0.2, -0.15) is 0 Å². The van der Waals surface area contributed by atoms with Gasteiger partial charge in [-0.1, -0.05) is 88.4 Å². The van der Waals surface area contributed by atoms with E-state index in [1.165, 1.54) is 17.3 Å². The summed E-state index contributed by atoms with van der Waals surface area (Å²) in [6.45, 7) is 10.6. The second-order valence-corrected chi connectivity index (χ2v) is 15.7. The van der Waals surface area contributed by atoms with E-state index in [2.05, 4.69) is 88.4 Å². The summed E-state index contributed by atoms with van der Waals surface area (Å²) < 4.78 is 13.1. The second-order valence-electron chi connectivity index (χ2n) is 11.4. The Balaban J connectivity index is 1.58. The molecule has 0 radical (unpaired) electrons. The van der Waals surface area contributed by atoms with Crippen LogP contribution in [0, 0.1) is 16.7 Å². The smallest absolute Gasteiger partial charge is 0.303 e. The molecule has 1 spiro atoms. The van der Waals surface area contributed by atoms with Crippen molar-refractivity contribution in [3.63, 3.8) is 0 Å². The summed E-state index contributed by atoms with van der Waals surface area (Å²) in [7, 11) is -2.69. The summed E-state index contributed by atoms with van der Waals surface area (Å²) in [6.07, 6.45) is 1.82. The van der Waals surface area contributed by atoms with Crippen molar-refractivity contribution in [3.8, 4) is 0 Å². The van der Waals surface area contributed by atoms with E-state index in [0.29, 0.717) is 6.42 Å². The van der Waals surface area contributed by atoms with Crippen molar-refractivity contribution < 1.29 is 18.8 Å². The first-order valence-electron chi connectivity index (χ1n) is 12.1. The minimum Gasteiger partial charge on any atom is -0.454 e. The molecular formula is C28H34O4Si. The molecule has 0 amide bonds. The van der Waals surface area contributed by atoms with E-state index in [4.69, 9.17) is 9.16 Å². The Labute approximate surface area is 197 Å². The summed E-state index contributed by atoms with van der Waals surface area (Å²) in [5.41, 5.74) is -0.228. The monoisotopic (exact) mass is 462 g/mol. The highest BCUT2D eigenvalue weighted by Gasteiger charge is 2.86. The van der Waals surface area contributed by atoms with Crippen molar-refractivity contribution in [2.24, 2.45) is 16.7 Å². The molecule has 3 aliphatic rings. The van der Waals surface area contributed by atoms with Gasteiger partial charge in [0.05, 0.1) is 6.10 Å². The fraction of sp³-hybridized carbons (Fsp3) is 0.500. The van der Waals surface area contributed by atoms with Crippen LogP contribution in [-0.2, 0) is 18.8 Å². The molecule has 0 saturated heterocycles. The fourth-order valence-corrected chi connectivity index (χ4v) is 12.3. The highest BCUT2D eigenvalue weighted by molar-refractivity contribution is 6.99. The molecule has 3 aliphatic carbocycles. The lowest BCUT2D eigenvalue weighted by atomic mass is 9.90. The Morgan fingerprint density at radius 3 is 2.03 bits per heavy atom. The predicted molar refractivity (Wildman–Crippen MR) is 131 cm³/mol. The third kappa shape index (κ3) is 2.98. The Bertz CT molecular complexity index is 1040. The van der Waals surface area contributed by atoms with Crippen molar-refractivity contribution in [2.75, 3.05) is 0 Å². The predicted octanol–water partition coefficient (Wildman–Crippen LogP) is 4.25. The largest absolute Gasteiger partial charge is 0.454 e. The van der Waals surface area contributed by atoms with Gasteiger partial charge in [0, 0.05) is 24.7 Å². The lowest BCUT2D eigenvalue weighted by molar-refractivity contribution is -0.154. The van der Waals surface area contributed by atoms with Gasteiger partial charge in [-0.25, -0.2) is 0 Å². The van der Waals surface area contributed by atoms with Crippen molar-refractivity contribution in [1.82, 2.24) is 0 Å². The zero-order chi connectivity index (χ0) is 23.6. The minimum absolute atomic E-state index is 0.0277. The summed E-state index contributed by atoms with van der Waals surface area (Å²) in [5.74, 6) is -0.222. The van der Waals surface area contributed by atoms with Crippen LogP contribution in [-0.4, -0.2) is 32.3 Å². The molecular weight excluding hydrogens is 428 g/mol. The summed E-state index contributed by atoms with van der Waals surface area (Å²) >= 11 is 0. The van der Waals surface area contributed by atoms with Crippen LogP contribution in [0.2, 0.25) is 5.04 Å². The number of Topliss-reactive ketones (excluding diaryl/α,β-unsaturated/α-hetero) is 1. The van der Waals surface area contributed by atoms with Gasteiger partial charge in [-0.15, -0.1) is 0 Å². The van der Waals surface area contributed by atoms with Gasteiger partial charge >= 0.3 is 5.97 Å². The van der Waals surface area contributed by atoms with Crippen molar-refractivity contribution in [3.05, 3.63) is 60.7 Å². The first-order chi connectivity index (χ1) is 15.6. The maximum absolute atomic E-state index is 12.7. The average Bonchev–Trinajstić information content (AvgIpc) is 2.97.